The number of β-amino-alcohol motifs (C(OH)–C–C–N with tert-alkyl or cyclic N) is 1. The van der Waals surface area contributed by atoms with Crippen LogP contribution in [0.15, 0.2) is 65.5 Å². The summed E-state index contributed by atoms with van der Waals surface area (Å²) < 4.78 is 5.36. The van der Waals surface area contributed by atoms with Crippen molar-refractivity contribution in [1.29, 1.82) is 0 Å². The summed E-state index contributed by atoms with van der Waals surface area (Å²) in [5.41, 5.74) is 2.02. The fraction of sp³-hybridized carbons (Fsp3) is 0.261. The van der Waals surface area contributed by atoms with E-state index < -0.39 is 12.1 Å². The molecule has 30 heavy (non-hydrogen) atoms. The Bertz CT molecular complexity index is 1030. The molecule has 0 bridgehead atoms. The molecule has 7 heteroatoms. The molecule has 6 nitrogen and oxygen atoms in total. The number of rotatable bonds is 6. The van der Waals surface area contributed by atoms with Gasteiger partial charge in [-0.15, -0.1) is 0 Å². The second-order valence-electron chi connectivity index (χ2n) is 7.37. The first-order valence-electron chi connectivity index (χ1n) is 9.77. The van der Waals surface area contributed by atoms with Crippen molar-refractivity contribution in [3.63, 3.8) is 0 Å². The van der Waals surface area contributed by atoms with Crippen LogP contribution in [0.2, 0.25) is 5.02 Å². The lowest BCUT2D eigenvalue weighted by atomic mass is 10.00. The minimum Gasteiger partial charge on any atom is -0.443 e. The minimum absolute atomic E-state index is 0.0630. The molecule has 154 valence electrons. The third kappa shape index (κ3) is 4.30. The monoisotopic (exact) mass is 424 g/mol. The summed E-state index contributed by atoms with van der Waals surface area (Å²) >= 11 is 5.91. The van der Waals surface area contributed by atoms with E-state index in [0.717, 1.165) is 5.56 Å². The van der Waals surface area contributed by atoms with Crippen LogP contribution in [0.25, 0.3) is 11.3 Å². The highest BCUT2D eigenvalue weighted by molar-refractivity contribution is 6.30. The summed E-state index contributed by atoms with van der Waals surface area (Å²) in [5, 5.41) is 10.8. The molecule has 1 aliphatic heterocycles. The van der Waals surface area contributed by atoms with Crippen molar-refractivity contribution in [2.75, 3.05) is 6.54 Å². The molecule has 1 aromatic heterocycles. The highest BCUT2D eigenvalue weighted by atomic mass is 35.5. The number of benzene rings is 2. The molecule has 0 radical (unpaired) electrons. The normalized spacial score (nSPS) is 18.5. The van der Waals surface area contributed by atoms with Gasteiger partial charge in [0.2, 0.25) is 0 Å². The van der Waals surface area contributed by atoms with Gasteiger partial charge in [0.15, 0.2) is 17.9 Å². The Morgan fingerprint density at radius 3 is 2.67 bits per heavy atom. The van der Waals surface area contributed by atoms with Crippen molar-refractivity contribution in [2.45, 2.75) is 31.4 Å². The van der Waals surface area contributed by atoms with Gasteiger partial charge in [-0.3, -0.25) is 9.59 Å². The Morgan fingerprint density at radius 1 is 1.17 bits per heavy atom. The smallest absolute Gasteiger partial charge is 0.255 e. The van der Waals surface area contributed by atoms with Gasteiger partial charge in [-0.2, -0.15) is 0 Å². The summed E-state index contributed by atoms with van der Waals surface area (Å²) in [5.74, 6) is 0.111. The second kappa shape index (κ2) is 8.81. The lowest BCUT2D eigenvalue weighted by molar-refractivity contribution is -0.122. The van der Waals surface area contributed by atoms with Crippen LogP contribution in [0.4, 0.5) is 0 Å². The number of hydrogen-bond acceptors (Lipinski definition) is 5. The number of aryl methyl sites for hydroxylation is 1. The van der Waals surface area contributed by atoms with Gasteiger partial charge in [0, 0.05) is 30.0 Å². The molecule has 2 aromatic carbocycles. The standard InChI is InChI=1S/C23H21ClN2O4/c24-16-8-5-15(6-9-16)7-10-21(28)20-11-17(27)13-26(20)23(29)19-4-2-1-3-18(19)22-12-25-14-30-22/h1-6,8-9,12,14,17,20,27H,7,10-11,13H2/t17-,20+/m1/s1. The number of aliphatic hydroxyl groups is 1. The van der Waals surface area contributed by atoms with Crippen molar-refractivity contribution in [3.8, 4) is 11.3 Å². The molecule has 2 atom stereocenters. The largest absolute Gasteiger partial charge is 0.443 e. The highest BCUT2D eigenvalue weighted by Gasteiger charge is 2.39. The average Bonchev–Trinajstić information content (AvgIpc) is 3.42. The molecule has 4 rings (SSSR count). The van der Waals surface area contributed by atoms with E-state index in [2.05, 4.69) is 4.98 Å². The molecule has 3 aromatic rings. The number of amides is 1. The van der Waals surface area contributed by atoms with Crippen molar-refractivity contribution in [1.82, 2.24) is 9.88 Å². The maximum absolute atomic E-state index is 13.3. The first-order valence-corrected chi connectivity index (χ1v) is 10.1. The molecule has 2 heterocycles. The van der Waals surface area contributed by atoms with E-state index in [-0.39, 0.29) is 31.1 Å². The lowest BCUT2D eigenvalue weighted by Crippen LogP contribution is -2.41. The maximum atomic E-state index is 13.3. The first kappa shape index (κ1) is 20.3. The number of Topliss-reactive ketones (excluding diaryl/α,β-unsaturated/α-hetero) is 1. The van der Waals surface area contributed by atoms with Gasteiger partial charge < -0.3 is 14.4 Å². The lowest BCUT2D eigenvalue weighted by Gasteiger charge is -2.24. The van der Waals surface area contributed by atoms with Crippen LogP contribution >= 0.6 is 11.6 Å². The van der Waals surface area contributed by atoms with Crippen LogP contribution in [0, 0.1) is 0 Å². The van der Waals surface area contributed by atoms with Crippen LogP contribution in [-0.2, 0) is 11.2 Å². The summed E-state index contributed by atoms with van der Waals surface area (Å²) in [4.78, 5) is 31.6. The molecule has 0 unspecified atom stereocenters. The number of halogens is 1. The van der Waals surface area contributed by atoms with E-state index in [1.54, 1.807) is 36.5 Å². The Labute approximate surface area is 179 Å². The Hall–Kier alpha value is -2.96. The molecule has 1 saturated heterocycles. The van der Waals surface area contributed by atoms with E-state index in [1.807, 2.05) is 18.2 Å². The molecule has 0 aliphatic carbocycles. The number of carbonyl (C=O) groups is 2. The topological polar surface area (TPSA) is 83.6 Å². The van der Waals surface area contributed by atoms with Crippen molar-refractivity contribution >= 4 is 23.3 Å². The number of oxazole rings is 1. The zero-order chi connectivity index (χ0) is 21.1. The van der Waals surface area contributed by atoms with Crippen molar-refractivity contribution < 1.29 is 19.1 Å². The van der Waals surface area contributed by atoms with E-state index in [4.69, 9.17) is 16.0 Å². The fourth-order valence-corrected chi connectivity index (χ4v) is 3.94. The zero-order valence-corrected chi connectivity index (χ0v) is 17.0. The summed E-state index contributed by atoms with van der Waals surface area (Å²) in [7, 11) is 0. The van der Waals surface area contributed by atoms with Gasteiger partial charge in [-0.1, -0.05) is 41.9 Å². The summed E-state index contributed by atoms with van der Waals surface area (Å²) in [6, 6.07) is 13.7. The van der Waals surface area contributed by atoms with Gasteiger partial charge in [0.25, 0.3) is 5.91 Å². The number of aliphatic hydroxyl groups excluding tert-OH is 1. The second-order valence-corrected chi connectivity index (χ2v) is 7.80. The van der Waals surface area contributed by atoms with E-state index in [9.17, 15) is 14.7 Å². The highest BCUT2D eigenvalue weighted by Crippen LogP contribution is 2.28. The predicted octanol–water partition coefficient (Wildman–Crippen LogP) is 3.77. The van der Waals surface area contributed by atoms with Gasteiger partial charge >= 0.3 is 0 Å². The van der Waals surface area contributed by atoms with Crippen LogP contribution in [0.3, 0.4) is 0 Å². The van der Waals surface area contributed by atoms with Crippen LogP contribution in [-0.4, -0.2) is 45.4 Å². The molecule has 1 N–H and O–H groups in total. The minimum atomic E-state index is -0.726. The number of likely N-dealkylation sites (tertiary alicyclic amines) is 1. The Balaban J connectivity index is 1.52. The van der Waals surface area contributed by atoms with E-state index in [0.29, 0.717) is 28.3 Å². The van der Waals surface area contributed by atoms with E-state index >= 15 is 0 Å². The number of aromatic nitrogens is 1. The molecule has 1 amide bonds. The van der Waals surface area contributed by atoms with Gasteiger partial charge in [-0.05, 0) is 30.2 Å². The molecule has 1 fully saturated rings. The zero-order valence-electron chi connectivity index (χ0n) is 16.2. The molecular weight excluding hydrogens is 404 g/mol. The number of nitrogens with zero attached hydrogens (tertiary/aromatic N) is 2. The third-order valence-corrected chi connectivity index (χ3v) is 5.59. The number of carbonyl (C=O) groups excluding carboxylic acids is 2. The van der Waals surface area contributed by atoms with Crippen LogP contribution in [0.5, 0.6) is 0 Å². The fourth-order valence-electron chi connectivity index (χ4n) is 3.82. The average molecular weight is 425 g/mol. The molecular formula is C23H21ClN2O4. The third-order valence-electron chi connectivity index (χ3n) is 5.34. The maximum Gasteiger partial charge on any atom is 0.255 e. The Morgan fingerprint density at radius 2 is 1.93 bits per heavy atom. The van der Waals surface area contributed by atoms with Gasteiger partial charge in [0.05, 0.1) is 23.9 Å². The number of hydrogen-bond donors (Lipinski definition) is 1. The van der Waals surface area contributed by atoms with Crippen LogP contribution in [0.1, 0.15) is 28.8 Å². The quantitative estimate of drug-likeness (QED) is 0.651. The van der Waals surface area contributed by atoms with Crippen molar-refractivity contribution in [2.24, 2.45) is 0 Å². The predicted molar refractivity (Wildman–Crippen MR) is 112 cm³/mol. The molecule has 1 aliphatic rings. The molecule has 0 saturated carbocycles. The van der Waals surface area contributed by atoms with E-state index in [1.165, 1.54) is 11.3 Å². The van der Waals surface area contributed by atoms with Gasteiger partial charge in [0.1, 0.15) is 0 Å². The Kier molecular flexibility index (Phi) is 5.97. The SMILES string of the molecule is O=C(CCc1ccc(Cl)cc1)[C@@H]1C[C@@H](O)CN1C(=O)c1ccccc1-c1cnco1. The first-order chi connectivity index (χ1) is 14.5. The van der Waals surface area contributed by atoms with Gasteiger partial charge in [-0.25, -0.2) is 4.98 Å². The number of ketones is 1. The summed E-state index contributed by atoms with van der Waals surface area (Å²) in [6.45, 7) is 0.126. The van der Waals surface area contributed by atoms with Crippen molar-refractivity contribution in [3.05, 3.63) is 77.3 Å². The van der Waals surface area contributed by atoms with Crippen LogP contribution < -0.4 is 0 Å². The summed E-state index contributed by atoms with van der Waals surface area (Å²) in [6.07, 6.45) is 3.20. The molecule has 0 spiro atoms.